The number of hydrogen-bond donors (Lipinski definition) is 1. The predicted molar refractivity (Wildman–Crippen MR) is 59.0 cm³/mol. The average Bonchev–Trinajstić information content (AvgIpc) is 2.60. The Morgan fingerprint density at radius 1 is 1.50 bits per heavy atom. The summed E-state index contributed by atoms with van der Waals surface area (Å²) >= 11 is 0. The number of nitrogen functional groups attached to an aromatic ring is 1. The third kappa shape index (κ3) is 1.85. The van der Waals surface area contributed by atoms with Crippen molar-refractivity contribution in [1.29, 1.82) is 0 Å². The normalized spacial score (nSPS) is 17.7. The van der Waals surface area contributed by atoms with Crippen molar-refractivity contribution in [2.75, 3.05) is 5.73 Å². The van der Waals surface area contributed by atoms with Crippen LogP contribution in [-0.4, -0.2) is 21.5 Å². The van der Waals surface area contributed by atoms with E-state index >= 15 is 0 Å². The molecule has 0 unspecified atom stereocenters. The molecule has 16 heavy (non-hydrogen) atoms. The highest BCUT2D eigenvalue weighted by molar-refractivity contribution is 5.86. The molecule has 5 nitrogen and oxygen atoms in total. The van der Waals surface area contributed by atoms with E-state index in [9.17, 15) is 9.59 Å². The zero-order valence-corrected chi connectivity index (χ0v) is 9.27. The highest BCUT2D eigenvalue weighted by atomic mass is 16.2. The second kappa shape index (κ2) is 4.08. The zero-order chi connectivity index (χ0) is 11.7. The smallest absolute Gasteiger partial charge is 0.250 e. The van der Waals surface area contributed by atoms with Gasteiger partial charge in [-0.15, -0.1) is 0 Å². The summed E-state index contributed by atoms with van der Waals surface area (Å²) in [4.78, 5) is 23.2. The minimum Gasteiger partial charge on any atom is -0.396 e. The Morgan fingerprint density at radius 3 is 2.62 bits per heavy atom. The van der Waals surface area contributed by atoms with E-state index in [1.54, 1.807) is 6.92 Å². The molecule has 5 heteroatoms. The average molecular weight is 221 g/mol. The van der Waals surface area contributed by atoms with Gasteiger partial charge in [-0.3, -0.25) is 9.59 Å². The van der Waals surface area contributed by atoms with E-state index in [4.69, 9.17) is 5.73 Å². The van der Waals surface area contributed by atoms with Crippen molar-refractivity contribution < 1.29 is 9.59 Å². The quantitative estimate of drug-likeness (QED) is 0.772. The summed E-state index contributed by atoms with van der Waals surface area (Å²) in [6.07, 6.45) is 3.77. The van der Waals surface area contributed by atoms with Crippen LogP contribution in [0.2, 0.25) is 0 Å². The fraction of sp³-hybridized carbons (Fsp3) is 0.545. The fourth-order valence-electron chi connectivity index (χ4n) is 2.00. The maximum atomic E-state index is 12.1. The molecule has 0 spiro atoms. The van der Waals surface area contributed by atoms with Gasteiger partial charge in [-0.2, -0.15) is 5.10 Å². The second-order valence-corrected chi connectivity index (χ2v) is 4.25. The molecule has 0 radical (unpaired) electrons. The van der Waals surface area contributed by atoms with Crippen molar-refractivity contribution in [3.05, 3.63) is 11.9 Å². The van der Waals surface area contributed by atoms with E-state index in [2.05, 4.69) is 5.10 Å². The summed E-state index contributed by atoms with van der Waals surface area (Å²) in [5.41, 5.74) is 6.85. The number of carbonyl (C=O) groups excluding carboxylic acids is 2. The first-order chi connectivity index (χ1) is 7.59. The molecule has 0 bridgehead atoms. The summed E-state index contributed by atoms with van der Waals surface area (Å²) in [5.74, 6) is 0.123. The molecular formula is C11H15N3O2. The van der Waals surface area contributed by atoms with E-state index in [1.165, 1.54) is 10.9 Å². The summed E-state index contributed by atoms with van der Waals surface area (Å²) in [5, 5.41) is 3.97. The minimum atomic E-state index is -0.0873. The highest BCUT2D eigenvalue weighted by Crippen LogP contribution is 2.24. The lowest BCUT2D eigenvalue weighted by Gasteiger charge is -2.19. The zero-order valence-electron chi connectivity index (χ0n) is 9.27. The Morgan fingerprint density at radius 2 is 2.12 bits per heavy atom. The van der Waals surface area contributed by atoms with E-state index in [0.29, 0.717) is 37.1 Å². The van der Waals surface area contributed by atoms with Gasteiger partial charge < -0.3 is 5.73 Å². The SMILES string of the molecule is Cc1c(N)cnn1C(=O)C1CCC(=O)CC1. The Labute approximate surface area is 93.6 Å². The summed E-state index contributed by atoms with van der Waals surface area (Å²) in [6, 6.07) is 0. The molecule has 1 aliphatic rings. The van der Waals surface area contributed by atoms with Crippen LogP contribution < -0.4 is 5.73 Å². The maximum absolute atomic E-state index is 12.1. The van der Waals surface area contributed by atoms with Gasteiger partial charge >= 0.3 is 0 Å². The Hall–Kier alpha value is -1.65. The first-order valence-corrected chi connectivity index (χ1v) is 5.45. The fourth-order valence-corrected chi connectivity index (χ4v) is 2.00. The molecule has 1 saturated carbocycles. The van der Waals surface area contributed by atoms with Crippen molar-refractivity contribution in [1.82, 2.24) is 9.78 Å². The Bertz CT molecular complexity index is 426. The van der Waals surface area contributed by atoms with Crippen LogP contribution in [-0.2, 0) is 4.79 Å². The molecule has 0 saturated heterocycles. The maximum Gasteiger partial charge on any atom is 0.250 e. The van der Waals surface area contributed by atoms with Gasteiger partial charge in [0.05, 0.1) is 17.6 Å². The van der Waals surface area contributed by atoms with Crippen LogP contribution in [0.3, 0.4) is 0 Å². The van der Waals surface area contributed by atoms with Gasteiger partial charge in [0.15, 0.2) is 0 Å². The number of anilines is 1. The van der Waals surface area contributed by atoms with Crippen LogP contribution in [0, 0.1) is 12.8 Å². The molecule has 1 aromatic rings. The monoisotopic (exact) mass is 221 g/mol. The first-order valence-electron chi connectivity index (χ1n) is 5.45. The number of nitrogens with two attached hydrogens (primary N) is 1. The van der Waals surface area contributed by atoms with Crippen LogP contribution in [0.1, 0.15) is 36.2 Å². The van der Waals surface area contributed by atoms with Gasteiger partial charge in [0, 0.05) is 18.8 Å². The number of nitrogens with zero attached hydrogens (tertiary/aromatic N) is 2. The van der Waals surface area contributed by atoms with Gasteiger partial charge in [0.25, 0.3) is 0 Å². The molecule has 1 aliphatic carbocycles. The largest absolute Gasteiger partial charge is 0.396 e. The number of aromatic nitrogens is 2. The molecule has 0 atom stereocenters. The van der Waals surface area contributed by atoms with Gasteiger partial charge in [-0.25, -0.2) is 4.68 Å². The molecule has 0 amide bonds. The molecule has 86 valence electrons. The lowest BCUT2D eigenvalue weighted by molar-refractivity contribution is -0.120. The van der Waals surface area contributed by atoms with Crippen molar-refractivity contribution >= 4 is 17.4 Å². The summed E-state index contributed by atoms with van der Waals surface area (Å²) < 4.78 is 1.36. The van der Waals surface area contributed by atoms with Gasteiger partial charge in [0.2, 0.25) is 5.91 Å². The van der Waals surface area contributed by atoms with Crippen molar-refractivity contribution in [3.8, 4) is 0 Å². The van der Waals surface area contributed by atoms with Gasteiger partial charge in [0.1, 0.15) is 5.78 Å². The number of carbonyl (C=O) groups is 2. The molecule has 1 heterocycles. The molecule has 2 rings (SSSR count). The number of ketones is 1. The molecule has 0 aliphatic heterocycles. The van der Waals surface area contributed by atoms with Crippen LogP contribution in [0.4, 0.5) is 5.69 Å². The van der Waals surface area contributed by atoms with Gasteiger partial charge in [-0.1, -0.05) is 0 Å². The van der Waals surface area contributed by atoms with Crippen LogP contribution in [0.15, 0.2) is 6.20 Å². The van der Waals surface area contributed by atoms with E-state index in [0.717, 1.165) is 0 Å². The standard InChI is InChI=1S/C11H15N3O2/c1-7-10(12)6-13-14(7)11(16)8-2-4-9(15)5-3-8/h6,8H,2-5,12H2,1H3. The molecule has 2 N–H and O–H groups in total. The van der Waals surface area contributed by atoms with Crippen molar-refractivity contribution in [2.45, 2.75) is 32.6 Å². The third-order valence-corrected chi connectivity index (χ3v) is 3.15. The Balaban J connectivity index is 2.13. The predicted octanol–water partition coefficient (Wildman–Crippen LogP) is 1.17. The molecule has 0 aromatic carbocycles. The van der Waals surface area contributed by atoms with Crippen LogP contribution in [0.25, 0.3) is 0 Å². The number of rotatable bonds is 1. The molecule has 1 fully saturated rings. The summed E-state index contributed by atoms with van der Waals surface area (Å²) in [7, 11) is 0. The van der Waals surface area contributed by atoms with Crippen molar-refractivity contribution in [2.24, 2.45) is 5.92 Å². The molecular weight excluding hydrogens is 206 g/mol. The van der Waals surface area contributed by atoms with E-state index in [-0.39, 0.29) is 17.6 Å². The van der Waals surface area contributed by atoms with Gasteiger partial charge in [-0.05, 0) is 19.8 Å². The lowest BCUT2D eigenvalue weighted by atomic mass is 9.88. The van der Waals surface area contributed by atoms with Crippen molar-refractivity contribution in [3.63, 3.8) is 0 Å². The van der Waals surface area contributed by atoms with Crippen LogP contribution >= 0.6 is 0 Å². The second-order valence-electron chi connectivity index (χ2n) is 4.25. The highest BCUT2D eigenvalue weighted by Gasteiger charge is 2.27. The Kier molecular flexibility index (Phi) is 2.77. The van der Waals surface area contributed by atoms with E-state index in [1.807, 2.05) is 0 Å². The number of hydrogen-bond acceptors (Lipinski definition) is 4. The minimum absolute atomic E-state index is 0.0401. The lowest BCUT2D eigenvalue weighted by Crippen LogP contribution is -2.27. The van der Waals surface area contributed by atoms with Crippen LogP contribution in [0.5, 0.6) is 0 Å². The third-order valence-electron chi connectivity index (χ3n) is 3.15. The topological polar surface area (TPSA) is 78.0 Å². The van der Waals surface area contributed by atoms with E-state index < -0.39 is 0 Å². The molecule has 1 aromatic heterocycles. The number of Topliss-reactive ketones (excluding diaryl/α,β-unsaturated/α-hetero) is 1. The summed E-state index contributed by atoms with van der Waals surface area (Å²) in [6.45, 7) is 1.77. The first kappa shape index (κ1) is 10.9.